The quantitative estimate of drug-likeness (QED) is 0.528. The number of hydrogen-bond acceptors (Lipinski definition) is 6. The Hall–Kier alpha value is -3.85. The molecule has 5 rings (SSSR count). The molecule has 9 heteroatoms. The van der Waals surface area contributed by atoms with Gasteiger partial charge in [0.2, 0.25) is 5.95 Å². The Kier molecular flexibility index (Phi) is 4.79. The van der Waals surface area contributed by atoms with Crippen molar-refractivity contribution < 1.29 is 9.13 Å². The van der Waals surface area contributed by atoms with Crippen molar-refractivity contribution >= 4 is 11.6 Å². The van der Waals surface area contributed by atoms with E-state index in [1.54, 1.807) is 24.4 Å². The van der Waals surface area contributed by atoms with Gasteiger partial charge in [0.1, 0.15) is 12.4 Å². The van der Waals surface area contributed by atoms with E-state index >= 15 is 0 Å². The van der Waals surface area contributed by atoms with Crippen molar-refractivity contribution in [2.75, 3.05) is 11.9 Å². The molecule has 0 bridgehead atoms. The van der Waals surface area contributed by atoms with Crippen molar-refractivity contribution in [1.29, 1.82) is 0 Å². The van der Waals surface area contributed by atoms with Crippen molar-refractivity contribution in [2.24, 2.45) is 0 Å². The van der Waals surface area contributed by atoms with Gasteiger partial charge < -0.3 is 10.1 Å². The fourth-order valence-corrected chi connectivity index (χ4v) is 3.72. The van der Waals surface area contributed by atoms with Crippen LogP contribution < -0.4 is 10.9 Å². The van der Waals surface area contributed by atoms with Gasteiger partial charge >= 0.3 is 0 Å². The Morgan fingerprint density at radius 3 is 2.81 bits per heavy atom. The number of rotatable bonds is 4. The highest BCUT2D eigenvalue weighted by Gasteiger charge is 2.27. The minimum Gasteiger partial charge on any atom is -0.371 e. The van der Waals surface area contributed by atoms with Crippen LogP contribution in [-0.2, 0) is 11.3 Å². The first-order valence-corrected chi connectivity index (χ1v) is 9.79. The summed E-state index contributed by atoms with van der Waals surface area (Å²) in [5.41, 5.74) is 3.71. The van der Waals surface area contributed by atoms with Gasteiger partial charge in [-0.1, -0.05) is 24.3 Å². The van der Waals surface area contributed by atoms with Gasteiger partial charge in [-0.3, -0.25) is 9.36 Å². The predicted octanol–water partition coefficient (Wildman–Crippen LogP) is 3.34. The first-order valence-electron chi connectivity index (χ1n) is 9.79. The first kappa shape index (κ1) is 19.1. The van der Waals surface area contributed by atoms with Gasteiger partial charge in [-0.05, 0) is 47.9 Å². The van der Waals surface area contributed by atoms with Crippen LogP contribution in [0.15, 0.2) is 59.5 Å². The van der Waals surface area contributed by atoms with Crippen molar-refractivity contribution in [1.82, 2.24) is 25.0 Å². The number of ether oxygens (including phenoxy) is 1. The summed E-state index contributed by atoms with van der Waals surface area (Å²) < 4.78 is 21.1. The SMILES string of the molecule is Cc1ccc(-c2ccn[nH]c2=O)cc1Nc1nnc2n1C(c1ccc(F)cc1)COC2. The Morgan fingerprint density at radius 2 is 2.00 bits per heavy atom. The van der Waals surface area contributed by atoms with E-state index < -0.39 is 0 Å². The van der Waals surface area contributed by atoms with E-state index in [1.165, 1.54) is 12.1 Å². The predicted molar refractivity (Wildman–Crippen MR) is 113 cm³/mol. The highest BCUT2D eigenvalue weighted by molar-refractivity contribution is 5.71. The molecule has 4 aromatic rings. The fraction of sp³-hybridized carbons (Fsp3) is 0.182. The molecule has 1 unspecified atom stereocenters. The standard InChI is InChI=1S/C22H19FN6O2/c1-13-2-3-15(17-8-9-24-27-21(17)30)10-18(13)25-22-28-26-20-12-31-11-19(29(20)22)14-4-6-16(23)7-5-14/h2-10,19H,11-12H2,1H3,(H,25,28)(H,27,30). The third kappa shape index (κ3) is 3.59. The number of aromatic amines is 1. The number of H-pyrrole nitrogens is 1. The van der Waals surface area contributed by atoms with Crippen molar-refractivity contribution in [3.63, 3.8) is 0 Å². The molecule has 0 saturated heterocycles. The molecule has 0 spiro atoms. The zero-order valence-electron chi connectivity index (χ0n) is 16.7. The molecule has 0 aliphatic carbocycles. The molecular formula is C22H19FN6O2. The molecule has 1 aliphatic heterocycles. The number of anilines is 2. The number of nitrogens with one attached hydrogen (secondary N) is 2. The normalized spacial score (nSPS) is 15.5. The van der Waals surface area contributed by atoms with Crippen LogP contribution in [0.5, 0.6) is 0 Å². The lowest BCUT2D eigenvalue weighted by Crippen LogP contribution is -2.25. The Balaban J connectivity index is 1.53. The number of hydrogen-bond donors (Lipinski definition) is 2. The van der Waals surface area contributed by atoms with Gasteiger partial charge in [0.05, 0.1) is 18.2 Å². The molecular weight excluding hydrogens is 399 g/mol. The van der Waals surface area contributed by atoms with Crippen LogP contribution in [0.25, 0.3) is 11.1 Å². The third-order valence-electron chi connectivity index (χ3n) is 5.36. The Bertz CT molecular complexity index is 1300. The van der Waals surface area contributed by atoms with E-state index in [9.17, 15) is 9.18 Å². The summed E-state index contributed by atoms with van der Waals surface area (Å²) in [4.78, 5) is 12.1. The second kappa shape index (κ2) is 7.77. The summed E-state index contributed by atoms with van der Waals surface area (Å²) in [5.74, 6) is 0.945. The second-order valence-corrected chi connectivity index (χ2v) is 7.35. The maximum atomic E-state index is 13.4. The van der Waals surface area contributed by atoms with E-state index in [4.69, 9.17) is 4.74 Å². The number of nitrogens with zero attached hydrogens (tertiary/aromatic N) is 4. The lowest BCUT2D eigenvalue weighted by molar-refractivity contribution is 0.0670. The van der Waals surface area contributed by atoms with Crippen LogP contribution in [0.1, 0.15) is 23.0 Å². The summed E-state index contributed by atoms with van der Waals surface area (Å²) >= 11 is 0. The monoisotopic (exact) mass is 418 g/mol. The molecule has 2 aromatic carbocycles. The number of benzene rings is 2. The number of fused-ring (bicyclic) bond motifs is 1. The summed E-state index contributed by atoms with van der Waals surface area (Å²) in [6, 6.07) is 13.6. The van der Waals surface area contributed by atoms with E-state index in [0.717, 1.165) is 22.4 Å². The Morgan fingerprint density at radius 1 is 1.16 bits per heavy atom. The average molecular weight is 418 g/mol. The van der Waals surface area contributed by atoms with Gasteiger partial charge in [-0.15, -0.1) is 10.2 Å². The van der Waals surface area contributed by atoms with E-state index in [1.807, 2.05) is 29.7 Å². The maximum absolute atomic E-state index is 13.4. The van der Waals surface area contributed by atoms with Crippen molar-refractivity contribution in [2.45, 2.75) is 19.6 Å². The molecule has 156 valence electrons. The zero-order valence-corrected chi connectivity index (χ0v) is 16.7. The molecule has 2 N–H and O–H groups in total. The number of aromatic nitrogens is 5. The molecule has 3 heterocycles. The highest BCUT2D eigenvalue weighted by atomic mass is 19.1. The second-order valence-electron chi connectivity index (χ2n) is 7.35. The van der Waals surface area contributed by atoms with Crippen LogP contribution >= 0.6 is 0 Å². The minimum absolute atomic E-state index is 0.187. The van der Waals surface area contributed by atoms with Crippen LogP contribution in [0.4, 0.5) is 16.0 Å². The smallest absolute Gasteiger partial charge is 0.272 e. The molecule has 0 amide bonds. The number of halogens is 1. The minimum atomic E-state index is -0.290. The van der Waals surface area contributed by atoms with Crippen LogP contribution in [0.2, 0.25) is 0 Å². The summed E-state index contributed by atoms with van der Waals surface area (Å²) in [5, 5.41) is 18.1. The van der Waals surface area contributed by atoms with Crippen LogP contribution in [0.3, 0.4) is 0 Å². The van der Waals surface area contributed by atoms with Gasteiger partial charge in [0.25, 0.3) is 5.56 Å². The van der Waals surface area contributed by atoms with Gasteiger partial charge in [-0.25, -0.2) is 9.49 Å². The molecule has 0 saturated carbocycles. The number of aryl methyl sites for hydroxylation is 1. The molecule has 2 aromatic heterocycles. The summed E-state index contributed by atoms with van der Waals surface area (Å²) in [6.07, 6.45) is 1.55. The lowest BCUT2D eigenvalue weighted by atomic mass is 10.0. The van der Waals surface area contributed by atoms with Crippen LogP contribution in [-0.4, -0.2) is 31.6 Å². The largest absolute Gasteiger partial charge is 0.371 e. The fourth-order valence-electron chi connectivity index (χ4n) is 3.72. The topological polar surface area (TPSA) is 97.7 Å². The lowest BCUT2D eigenvalue weighted by Gasteiger charge is -2.27. The maximum Gasteiger partial charge on any atom is 0.272 e. The van der Waals surface area contributed by atoms with Gasteiger partial charge in [0.15, 0.2) is 5.82 Å². The van der Waals surface area contributed by atoms with Crippen LogP contribution in [0, 0.1) is 12.7 Å². The van der Waals surface area contributed by atoms with Crippen molar-refractivity contribution in [3.05, 3.63) is 87.9 Å². The van der Waals surface area contributed by atoms with Crippen molar-refractivity contribution in [3.8, 4) is 11.1 Å². The highest BCUT2D eigenvalue weighted by Crippen LogP contribution is 2.31. The zero-order chi connectivity index (χ0) is 21.4. The first-order chi connectivity index (χ1) is 15.1. The molecule has 0 fully saturated rings. The van der Waals surface area contributed by atoms with Gasteiger partial charge in [0, 0.05) is 11.9 Å². The van der Waals surface area contributed by atoms with E-state index in [-0.39, 0.29) is 17.4 Å². The molecule has 1 atom stereocenters. The molecule has 8 nitrogen and oxygen atoms in total. The van der Waals surface area contributed by atoms with E-state index in [2.05, 4.69) is 25.7 Å². The Labute approximate surface area is 176 Å². The average Bonchev–Trinajstić information content (AvgIpc) is 3.19. The molecule has 31 heavy (non-hydrogen) atoms. The third-order valence-corrected chi connectivity index (χ3v) is 5.36. The summed E-state index contributed by atoms with van der Waals surface area (Å²) in [7, 11) is 0. The summed E-state index contributed by atoms with van der Waals surface area (Å²) in [6.45, 7) is 2.74. The van der Waals surface area contributed by atoms with Gasteiger partial charge in [-0.2, -0.15) is 5.10 Å². The van der Waals surface area contributed by atoms with E-state index in [0.29, 0.717) is 30.5 Å². The molecule has 0 radical (unpaired) electrons. The molecule has 1 aliphatic rings.